The molecule has 4 rings (SSSR count). The summed E-state index contributed by atoms with van der Waals surface area (Å²) in [5.74, 6) is 1.89. The van der Waals surface area contributed by atoms with E-state index in [1.165, 1.54) is 38.5 Å². The van der Waals surface area contributed by atoms with Crippen LogP contribution >= 0.6 is 0 Å². The monoisotopic (exact) mass is 226 g/mol. The van der Waals surface area contributed by atoms with Crippen molar-refractivity contribution >= 4 is 5.97 Å². The maximum Gasteiger partial charge on any atom is 0.337 e. The van der Waals surface area contributed by atoms with E-state index in [2.05, 4.69) is 0 Å². The molecule has 0 spiro atoms. The van der Waals surface area contributed by atoms with Crippen LogP contribution in [-0.4, -0.2) is 19.3 Å². The maximum absolute atomic E-state index is 12.1. The molecule has 16 heavy (non-hydrogen) atoms. The predicted octanol–water partition coefficient (Wildman–Crippen LogP) is 2.72. The molecule has 0 aromatic carbocycles. The maximum atomic E-state index is 12.1. The number of hydrogen-bond acceptors (Lipinski definition) is 2. The van der Waals surface area contributed by atoms with Crippen LogP contribution in [0.2, 0.25) is 0 Å². The molecule has 3 heteroatoms. The van der Waals surface area contributed by atoms with E-state index in [4.69, 9.17) is 4.74 Å². The zero-order valence-electron chi connectivity index (χ0n) is 9.58. The predicted molar refractivity (Wildman–Crippen MR) is 57.5 cm³/mol. The van der Waals surface area contributed by atoms with Crippen LogP contribution in [0, 0.1) is 23.2 Å². The Morgan fingerprint density at radius 1 is 1.12 bits per heavy atom. The van der Waals surface area contributed by atoms with Crippen molar-refractivity contribution in [3.8, 4) is 0 Å². The lowest BCUT2D eigenvalue weighted by Gasteiger charge is -2.56. The molecule has 0 aromatic rings. The summed E-state index contributed by atoms with van der Waals surface area (Å²) in [7, 11) is 0. The van der Waals surface area contributed by atoms with Gasteiger partial charge in [-0.1, -0.05) is 0 Å². The SMILES string of the molecule is O=C(CF)OCC12CC3CC(CC(C3)C1)C2. The minimum absolute atomic E-state index is 0.222. The molecule has 4 bridgehead atoms. The molecule has 90 valence electrons. The Hall–Kier alpha value is -0.600. The molecule has 0 unspecified atom stereocenters. The number of carbonyl (C=O) groups excluding carboxylic acids is 1. The first kappa shape index (κ1) is 10.5. The highest BCUT2D eigenvalue weighted by atomic mass is 19.1. The quantitative estimate of drug-likeness (QED) is 0.692. The average molecular weight is 226 g/mol. The Morgan fingerprint density at radius 2 is 1.62 bits per heavy atom. The number of ether oxygens (including phenoxy) is 1. The van der Waals surface area contributed by atoms with Crippen molar-refractivity contribution in [3.05, 3.63) is 0 Å². The fraction of sp³-hybridized carbons (Fsp3) is 0.923. The van der Waals surface area contributed by atoms with Crippen LogP contribution in [0.5, 0.6) is 0 Å². The van der Waals surface area contributed by atoms with Gasteiger partial charge in [0.05, 0.1) is 6.61 Å². The van der Waals surface area contributed by atoms with E-state index < -0.39 is 12.6 Å². The van der Waals surface area contributed by atoms with E-state index in [0.717, 1.165) is 17.8 Å². The lowest BCUT2D eigenvalue weighted by atomic mass is 9.50. The lowest BCUT2D eigenvalue weighted by molar-refractivity contribution is -0.156. The van der Waals surface area contributed by atoms with Crippen LogP contribution in [0.1, 0.15) is 38.5 Å². The average Bonchev–Trinajstić information content (AvgIpc) is 2.24. The second-order valence-corrected chi connectivity index (χ2v) is 6.21. The molecule has 0 aromatic heterocycles. The van der Waals surface area contributed by atoms with Gasteiger partial charge in [-0.15, -0.1) is 0 Å². The molecular weight excluding hydrogens is 207 g/mol. The van der Waals surface area contributed by atoms with E-state index in [1.807, 2.05) is 0 Å². The fourth-order valence-corrected chi connectivity index (χ4v) is 4.74. The lowest BCUT2D eigenvalue weighted by Crippen LogP contribution is -2.48. The van der Waals surface area contributed by atoms with Crippen molar-refractivity contribution in [2.24, 2.45) is 23.2 Å². The van der Waals surface area contributed by atoms with Crippen LogP contribution in [0.25, 0.3) is 0 Å². The largest absolute Gasteiger partial charge is 0.463 e. The normalized spacial score (nSPS) is 44.7. The smallest absolute Gasteiger partial charge is 0.337 e. The van der Waals surface area contributed by atoms with Crippen molar-refractivity contribution in [1.29, 1.82) is 0 Å². The molecule has 4 fully saturated rings. The second-order valence-electron chi connectivity index (χ2n) is 6.21. The highest BCUT2D eigenvalue weighted by Gasteiger charge is 2.51. The molecule has 0 aliphatic heterocycles. The van der Waals surface area contributed by atoms with Gasteiger partial charge in [-0.2, -0.15) is 0 Å². The minimum Gasteiger partial charge on any atom is -0.463 e. The highest BCUT2D eigenvalue weighted by molar-refractivity contribution is 5.70. The Balaban J connectivity index is 1.67. The van der Waals surface area contributed by atoms with Gasteiger partial charge in [0.2, 0.25) is 0 Å². The topological polar surface area (TPSA) is 26.3 Å². The van der Waals surface area contributed by atoms with Crippen LogP contribution < -0.4 is 0 Å². The summed E-state index contributed by atoms with van der Waals surface area (Å²) >= 11 is 0. The number of esters is 1. The van der Waals surface area contributed by atoms with Gasteiger partial charge < -0.3 is 4.74 Å². The summed E-state index contributed by atoms with van der Waals surface area (Å²) in [5.41, 5.74) is 0.222. The van der Waals surface area contributed by atoms with Gasteiger partial charge in [0.15, 0.2) is 6.67 Å². The van der Waals surface area contributed by atoms with Gasteiger partial charge in [0, 0.05) is 5.41 Å². The van der Waals surface area contributed by atoms with Crippen molar-refractivity contribution < 1.29 is 13.9 Å². The van der Waals surface area contributed by atoms with Crippen molar-refractivity contribution in [3.63, 3.8) is 0 Å². The third-order valence-electron chi connectivity index (χ3n) is 4.81. The molecule has 4 aliphatic carbocycles. The van der Waals surface area contributed by atoms with Gasteiger partial charge >= 0.3 is 5.97 Å². The van der Waals surface area contributed by atoms with Crippen LogP contribution in [-0.2, 0) is 9.53 Å². The Morgan fingerprint density at radius 3 is 2.06 bits per heavy atom. The molecule has 4 aliphatic rings. The van der Waals surface area contributed by atoms with Gasteiger partial charge in [0.25, 0.3) is 0 Å². The third kappa shape index (κ3) is 1.74. The molecule has 0 radical (unpaired) electrons. The summed E-state index contributed by atoms with van der Waals surface area (Å²) < 4.78 is 17.1. The second kappa shape index (κ2) is 3.71. The zero-order valence-corrected chi connectivity index (χ0v) is 9.58. The van der Waals surface area contributed by atoms with Gasteiger partial charge in [-0.25, -0.2) is 9.18 Å². The van der Waals surface area contributed by atoms with Crippen molar-refractivity contribution in [2.75, 3.05) is 13.3 Å². The molecule has 0 atom stereocenters. The molecular formula is C13H19FO2. The van der Waals surface area contributed by atoms with Crippen LogP contribution in [0.15, 0.2) is 0 Å². The minimum atomic E-state index is -0.980. The van der Waals surface area contributed by atoms with Gasteiger partial charge in [-0.3, -0.25) is 0 Å². The number of alkyl halides is 1. The fourth-order valence-electron chi connectivity index (χ4n) is 4.74. The Labute approximate surface area is 95.5 Å². The number of hydrogen-bond donors (Lipinski definition) is 0. The molecule has 0 saturated heterocycles. The summed E-state index contributed by atoms with van der Waals surface area (Å²) in [6, 6.07) is 0. The van der Waals surface area contributed by atoms with Gasteiger partial charge in [0.1, 0.15) is 0 Å². The third-order valence-corrected chi connectivity index (χ3v) is 4.81. The van der Waals surface area contributed by atoms with E-state index in [-0.39, 0.29) is 5.41 Å². The Kier molecular flexibility index (Phi) is 2.45. The first-order valence-corrected chi connectivity index (χ1v) is 6.41. The number of halogens is 1. The van der Waals surface area contributed by atoms with Crippen molar-refractivity contribution in [2.45, 2.75) is 38.5 Å². The Bertz CT molecular complexity index is 265. The summed E-state index contributed by atoms with van der Waals surface area (Å²) in [5, 5.41) is 0. The van der Waals surface area contributed by atoms with E-state index in [0.29, 0.717) is 6.61 Å². The van der Waals surface area contributed by atoms with Crippen LogP contribution in [0.3, 0.4) is 0 Å². The summed E-state index contributed by atoms with van der Waals surface area (Å²) in [4.78, 5) is 10.9. The molecule has 0 amide bonds. The molecule has 2 nitrogen and oxygen atoms in total. The summed E-state index contributed by atoms with van der Waals surface area (Å²) in [6.07, 6.45) is 7.78. The van der Waals surface area contributed by atoms with E-state index in [9.17, 15) is 9.18 Å². The first-order chi connectivity index (χ1) is 7.69. The van der Waals surface area contributed by atoms with E-state index >= 15 is 0 Å². The summed E-state index contributed by atoms with van der Waals surface area (Å²) in [6.45, 7) is -0.508. The zero-order chi connectivity index (χ0) is 11.2. The van der Waals surface area contributed by atoms with Crippen LogP contribution in [0.4, 0.5) is 4.39 Å². The van der Waals surface area contributed by atoms with Gasteiger partial charge in [-0.05, 0) is 56.3 Å². The molecule has 0 N–H and O–H groups in total. The first-order valence-electron chi connectivity index (χ1n) is 6.41. The van der Waals surface area contributed by atoms with Crippen molar-refractivity contribution in [1.82, 2.24) is 0 Å². The number of carbonyl (C=O) groups is 1. The molecule has 0 heterocycles. The number of rotatable bonds is 3. The van der Waals surface area contributed by atoms with E-state index in [1.54, 1.807) is 0 Å². The molecule has 4 saturated carbocycles. The standard InChI is InChI=1S/C13H19FO2/c14-7-12(15)16-8-13-4-9-1-10(5-13)3-11(2-9)6-13/h9-11H,1-8H2. The highest BCUT2D eigenvalue weighted by Crippen LogP contribution is 2.59.